The van der Waals surface area contributed by atoms with Gasteiger partial charge in [-0.1, -0.05) is 15.9 Å². The van der Waals surface area contributed by atoms with E-state index in [-0.39, 0.29) is 0 Å². The van der Waals surface area contributed by atoms with Gasteiger partial charge < -0.3 is 10.1 Å². The summed E-state index contributed by atoms with van der Waals surface area (Å²) in [6.45, 7) is 6.24. The molecule has 4 nitrogen and oxygen atoms in total. The quantitative estimate of drug-likeness (QED) is 0.776. The van der Waals surface area contributed by atoms with Crippen LogP contribution in [-0.2, 0) is 13.1 Å². The highest BCUT2D eigenvalue weighted by atomic mass is 79.9. The third-order valence-electron chi connectivity index (χ3n) is 2.81. The first-order chi connectivity index (χ1) is 9.63. The first kappa shape index (κ1) is 15.4. The lowest BCUT2D eigenvalue weighted by Gasteiger charge is -2.13. The third kappa shape index (κ3) is 3.76. The van der Waals surface area contributed by atoms with Crippen molar-refractivity contribution in [3.8, 4) is 5.75 Å². The van der Waals surface area contributed by atoms with Crippen molar-refractivity contribution in [2.45, 2.75) is 26.9 Å². The van der Waals surface area contributed by atoms with Gasteiger partial charge in [-0.15, -0.1) is 0 Å². The summed E-state index contributed by atoms with van der Waals surface area (Å²) < 4.78 is 9.58. The minimum absolute atomic E-state index is 0.640. The molecule has 1 N–H and O–H groups in total. The monoisotopic (exact) mass is 401 g/mol. The lowest BCUT2D eigenvalue weighted by atomic mass is 10.2. The van der Waals surface area contributed by atoms with Gasteiger partial charge in [-0.3, -0.25) is 4.68 Å². The van der Waals surface area contributed by atoms with Crippen LogP contribution in [0.4, 0.5) is 5.69 Å². The molecule has 0 aliphatic rings. The molecule has 1 aromatic carbocycles. The number of aryl methyl sites for hydroxylation is 1. The average Bonchev–Trinajstić information content (AvgIpc) is 2.88. The molecule has 0 bridgehead atoms. The average molecular weight is 403 g/mol. The summed E-state index contributed by atoms with van der Waals surface area (Å²) in [7, 11) is 0. The van der Waals surface area contributed by atoms with E-state index in [0.717, 1.165) is 32.5 Å². The van der Waals surface area contributed by atoms with Gasteiger partial charge in [-0.25, -0.2) is 0 Å². The molecule has 108 valence electrons. The fraction of sp³-hybridized carbons (Fsp3) is 0.357. The van der Waals surface area contributed by atoms with Crippen LogP contribution in [0.2, 0.25) is 0 Å². The van der Waals surface area contributed by atoms with Crippen LogP contribution in [0.5, 0.6) is 5.75 Å². The molecule has 20 heavy (non-hydrogen) atoms. The predicted octanol–water partition coefficient (Wildman–Crippen LogP) is 4.44. The Labute approximate surface area is 135 Å². The summed E-state index contributed by atoms with van der Waals surface area (Å²) in [4.78, 5) is 0. The van der Waals surface area contributed by atoms with Crippen LogP contribution in [0.1, 0.15) is 19.4 Å². The van der Waals surface area contributed by atoms with Crippen LogP contribution in [0.3, 0.4) is 0 Å². The highest BCUT2D eigenvalue weighted by Gasteiger charge is 2.10. The van der Waals surface area contributed by atoms with Gasteiger partial charge >= 0.3 is 0 Å². The van der Waals surface area contributed by atoms with Gasteiger partial charge in [0.2, 0.25) is 0 Å². The summed E-state index contributed by atoms with van der Waals surface area (Å²) in [5, 5.41) is 7.61. The van der Waals surface area contributed by atoms with Crippen molar-refractivity contribution in [1.82, 2.24) is 9.78 Å². The van der Waals surface area contributed by atoms with E-state index in [1.54, 1.807) is 0 Å². The molecule has 1 aromatic heterocycles. The molecule has 2 aromatic rings. The van der Waals surface area contributed by atoms with E-state index < -0.39 is 0 Å². The zero-order valence-electron chi connectivity index (χ0n) is 11.5. The van der Waals surface area contributed by atoms with Gasteiger partial charge in [0.15, 0.2) is 0 Å². The van der Waals surface area contributed by atoms with E-state index in [1.165, 1.54) is 0 Å². The van der Waals surface area contributed by atoms with E-state index in [4.69, 9.17) is 4.74 Å². The van der Waals surface area contributed by atoms with E-state index in [2.05, 4.69) is 55.3 Å². The van der Waals surface area contributed by atoms with Crippen LogP contribution in [0.15, 0.2) is 33.5 Å². The maximum absolute atomic E-state index is 5.71. The largest absolute Gasteiger partial charge is 0.492 e. The van der Waals surface area contributed by atoms with E-state index in [9.17, 15) is 0 Å². The summed E-state index contributed by atoms with van der Waals surface area (Å²) in [6.07, 6.45) is 3.82. The molecule has 2 rings (SSSR count). The topological polar surface area (TPSA) is 39.1 Å². The molecule has 0 atom stereocenters. The number of hydrogen-bond donors (Lipinski definition) is 1. The van der Waals surface area contributed by atoms with Gasteiger partial charge in [0.05, 0.1) is 23.0 Å². The van der Waals surface area contributed by atoms with Crippen molar-refractivity contribution < 1.29 is 4.74 Å². The lowest BCUT2D eigenvalue weighted by molar-refractivity contribution is 0.334. The van der Waals surface area contributed by atoms with Crippen molar-refractivity contribution in [2.24, 2.45) is 0 Å². The number of nitrogens with zero attached hydrogens (tertiary/aromatic N) is 2. The summed E-state index contributed by atoms with van der Waals surface area (Å²) in [5.41, 5.74) is 2.10. The molecule has 6 heteroatoms. The Balaban J connectivity index is 2.15. The summed E-state index contributed by atoms with van der Waals surface area (Å²) in [6, 6.07) is 4.05. The Hall–Kier alpha value is -1.01. The second-order valence-corrected chi connectivity index (χ2v) is 6.02. The van der Waals surface area contributed by atoms with Crippen LogP contribution in [-0.4, -0.2) is 16.4 Å². The Bertz CT molecular complexity index is 584. The molecule has 0 fully saturated rings. The highest BCUT2D eigenvalue weighted by Crippen LogP contribution is 2.33. The van der Waals surface area contributed by atoms with Gasteiger partial charge in [-0.2, -0.15) is 5.10 Å². The Kier molecular flexibility index (Phi) is 5.48. The van der Waals surface area contributed by atoms with Crippen molar-refractivity contribution in [1.29, 1.82) is 0 Å². The lowest BCUT2D eigenvalue weighted by Crippen LogP contribution is -2.04. The van der Waals surface area contributed by atoms with Gasteiger partial charge in [0, 0.05) is 29.3 Å². The molecular weight excluding hydrogens is 386 g/mol. The van der Waals surface area contributed by atoms with Gasteiger partial charge in [0.1, 0.15) is 5.75 Å². The number of hydrogen-bond acceptors (Lipinski definition) is 3. The summed E-state index contributed by atoms with van der Waals surface area (Å²) in [5.74, 6) is 0.881. The number of nitrogens with one attached hydrogen (secondary N) is 1. The number of ether oxygens (including phenoxy) is 1. The third-order valence-corrected chi connectivity index (χ3v) is 3.86. The first-order valence-corrected chi connectivity index (χ1v) is 8.09. The number of rotatable bonds is 6. The highest BCUT2D eigenvalue weighted by molar-refractivity contribution is 9.11. The maximum atomic E-state index is 5.71. The predicted molar refractivity (Wildman–Crippen MR) is 88.2 cm³/mol. The normalized spacial score (nSPS) is 10.6. The Morgan fingerprint density at radius 3 is 2.75 bits per heavy atom. The standard InChI is InChI=1S/C14H17Br2N3O/c1-3-19-9-12(8-18-19)17-7-10-5-11(15)6-13(16)14(10)20-4-2/h5-6,8-9,17H,3-4,7H2,1-2H3. The first-order valence-electron chi connectivity index (χ1n) is 6.51. The molecule has 0 aliphatic heterocycles. The second-order valence-electron chi connectivity index (χ2n) is 4.25. The molecule has 1 heterocycles. The van der Waals surface area contributed by atoms with Gasteiger partial charge in [-0.05, 0) is 41.9 Å². The van der Waals surface area contributed by atoms with E-state index in [0.29, 0.717) is 13.2 Å². The molecule has 0 spiro atoms. The van der Waals surface area contributed by atoms with E-state index in [1.807, 2.05) is 30.1 Å². The minimum atomic E-state index is 0.640. The van der Waals surface area contributed by atoms with Crippen molar-refractivity contribution >= 4 is 37.5 Å². The fourth-order valence-corrected chi connectivity index (χ4v) is 3.30. The molecule has 0 unspecified atom stereocenters. The minimum Gasteiger partial charge on any atom is -0.492 e. The molecule has 0 saturated heterocycles. The molecule has 0 aliphatic carbocycles. The van der Waals surface area contributed by atoms with Crippen LogP contribution in [0, 0.1) is 0 Å². The fourth-order valence-electron chi connectivity index (χ4n) is 1.88. The van der Waals surface area contributed by atoms with Crippen molar-refractivity contribution in [3.05, 3.63) is 39.0 Å². The number of benzene rings is 1. The van der Waals surface area contributed by atoms with Crippen LogP contribution < -0.4 is 10.1 Å². The molecule has 0 amide bonds. The number of halogens is 2. The van der Waals surface area contributed by atoms with E-state index >= 15 is 0 Å². The molecule has 0 saturated carbocycles. The zero-order chi connectivity index (χ0) is 14.5. The SMILES string of the molecule is CCOc1c(Br)cc(Br)cc1CNc1cnn(CC)c1. The van der Waals surface area contributed by atoms with Gasteiger partial charge in [0.25, 0.3) is 0 Å². The van der Waals surface area contributed by atoms with Crippen LogP contribution >= 0.6 is 31.9 Å². The van der Waals surface area contributed by atoms with Crippen molar-refractivity contribution in [3.63, 3.8) is 0 Å². The molecular formula is C14H17Br2N3O. The van der Waals surface area contributed by atoms with Crippen LogP contribution in [0.25, 0.3) is 0 Å². The number of anilines is 1. The zero-order valence-corrected chi connectivity index (χ0v) is 14.7. The number of aromatic nitrogens is 2. The Morgan fingerprint density at radius 1 is 1.30 bits per heavy atom. The second kappa shape index (κ2) is 7.13. The summed E-state index contributed by atoms with van der Waals surface area (Å²) >= 11 is 7.05. The Morgan fingerprint density at radius 2 is 2.10 bits per heavy atom. The maximum Gasteiger partial charge on any atom is 0.138 e. The molecule has 0 radical (unpaired) electrons. The van der Waals surface area contributed by atoms with Crippen molar-refractivity contribution in [2.75, 3.05) is 11.9 Å². The smallest absolute Gasteiger partial charge is 0.138 e.